The molecule has 0 saturated heterocycles. The van der Waals surface area contributed by atoms with Crippen molar-refractivity contribution in [3.05, 3.63) is 11.3 Å². The van der Waals surface area contributed by atoms with Crippen LogP contribution in [0.25, 0.3) is 0 Å². The second kappa shape index (κ2) is 2.77. The third-order valence-electron chi connectivity index (χ3n) is 4.41. The Labute approximate surface area is 89.1 Å². The summed E-state index contributed by atoms with van der Waals surface area (Å²) in [6.45, 7) is 0. The number of ether oxygens (including phenoxy) is 1. The van der Waals surface area contributed by atoms with Gasteiger partial charge >= 0.3 is 5.97 Å². The van der Waals surface area contributed by atoms with E-state index in [0.717, 1.165) is 37.9 Å². The van der Waals surface area contributed by atoms with Gasteiger partial charge in [0.25, 0.3) is 0 Å². The minimum atomic E-state index is -0.593. The van der Waals surface area contributed by atoms with E-state index in [1.807, 2.05) is 0 Å². The van der Waals surface area contributed by atoms with Crippen molar-refractivity contribution >= 4 is 5.97 Å². The fraction of sp³-hybridized carbons (Fsp3) is 0.750. The van der Waals surface area contributed by atoms with Crippen molar-refractivity contribution in [2.24, 2.45) is 17.3 Å². The lowest BCUT2D eigenvalue weighted by Crippen LogP contribution is -2.47. The number of allylic oxidation sites excluding steroid dienone is 2. The molecule has 0 aromatic heterocycles. The van der Waals surface area contributed by atoms with Crippen molar-refractivity contribution in [1.82, 2.24) is 0 Å². The summed E-state index contributed by atoms with van der Waals surface area (Å²) in [5.41, 5.74) is 0.849. The summed E-state index contributed by atoms with van der Waals surface area (Å²) in [6.07, 6.45) is 4.64. The zero-order valence-corrected chi connectivity index (χ0v) is 8.95. The van der Waals surface area contributed by atoms with Crippen molar-refractivity contribution in [2.45, 2.75) is 32.1 Å². The van der Waals surface area contributed by atoms with Crippen LogP contribution in [0.1, 0.15) is 32.1 Å². The third kappa shape index (κ3) is 1.09. The van der Waals surface area contributed by atoms with Crippen LogP contribution in [-0.2, 0) is 9.53 Å². The van der Waals surface area contributed by atoms with E-state index in [9.17, 15) is 9.90 Å². The molecule has 15 heavy (non-hydrogen) atoms. The van der Waals surface area contributed by atoms with Gasteiger partial charge in [0.1, 0.15) is 0 Å². The molecule has 1 N–H and O–H groups in total. The number of hydrogen-bond acceptors (Lipinski definition) is 2. The van der Waals surface area contributed by atoms with Gasteiger partial charge in [-0.25, -0.2) is 0 Å². The predicted octanol–water partition coefficient (Wildman–Crippen LogP) is 2.18. The summed E-state index contributed by atoms with van der Waals surface area (Å²) in [6, 6.07) is 0. The van der Waals surface area contributed by atoms with Crippen LogP contribution in [0.2, 0.25) is 0 Å². The van der Waals surface area contributed by atoms with E-state index in [-0.39, 0.29) is 0 Å². The van der Waals surface area contributed by atoms with Crippen LogP contribution in [-0.4, -0.2) is 18.2 Å². The zero-order chi connectivity index (χ0) is 10.6. The number of rotatable bonds is 2. The molecule has 82 valence electrons. The second-order valence-electron chi connectivity index (χ2n) is 5.35. The Bertz CT molecular complexity index is 358. The van der Waals surface area contributed by atoms with Crippen molar-refractivity contribution in [1.29, 1.82) is 0 Å². The van der Waals surface area contributed by atoms with Gasteiger partial charge in [-0.1, -0.05) is 0 Å². The molecular formula is C12H16O3. The van der Waals surface area contributed by atoms with Gasteiger partial charge in [0.05, 0.1) is 18.3 Å². The maximum absolute atomic E-state index is 11.4. The summed E-state index contributed by atoms with van der Waals surface area (Å²) in [4.78, 5) is 11.4. The fourth-order valence-electron chi connectivity index (χ4n) is 4.04. The molecule has 3 atom stereocenters. The lowest BCUT2D eigenvalue weighted by atomic mass is 9.53. The highest BCUT2D eigenvalue weighted by Crippen LogP contribution is 2.59. The smallest absolute Gasteiger partial charge is 0.309 e. The van der Waals surface area contributed by atoms with E-state index in [2.05, 4.69) is 0 Å². The molecular weight excluding hydrogens is 192 g/mol. The molecule has 0 heterocycles. The topological polar surface area (TPSA) is 46.5 Å². The van der Waals surface area contributed by atoms with Crippen LogP contribution in [0.15, 0.2) is 11.3 Å². The highest BCUT2D eigenvalue weighted by molar-refractivity contribution is 5.76. The number of carboxylic acids is 1. The predicted molar refractivity (Wildman–Crippen MR) is 54.2 cm³/mol. The van der Waals surface area contributed by atoms with E-state index in [0.29, 0.717) is 11.8 Å². The highest BCUT2D eigenvalue weighted by Gasteiger charge is 2.55. The van der Waals surface area contributed by atoms with Crippen LogP contribution >= 0.6 is 0 Å². The SMILES string of the molecule is COC1=C2C[C@H]3C[C@H]1C[C@](C(=O)O)(C2)C3. The largest absolute Gasteiger partial charge is 0.501 e. The van der Waals surface area contributed by atoms with Gasteiger partial charge in [-0.05, 0) is 43.6 Å². The summed E-state index contributed by atoms with van der Waals surface area (Å²) in [7, 11) is 1.72. The monoisotopic (exact) mass is 208 g/mol. The van der Waals surface area contributed by atoms with Gasteiger partial charge in [-0.3, -0.25) is 4.79 Å². The molecule has 0 aromatic carbocycles. The molecule has 3 nitrogen and oxygen atoms in total. The summed E-state index contributed by atoms with van der Waals surface area (Å²) in [5.74, 6) is 1.51. The van der Waals surface area contributed by atoms with Crippen molar-refractivity contribution < 1.29 is 14.6 Å². The molecule has 4 aliphatic rings. The number of methoxy groups -OCH3 is 1. The molecule has 0 amide bonds. The van der Waals surface area contributed by atoms with Gasteiger partial charge in [-0.2, -0.15) is 0 Å². The molecule has 0 radical (unpaired) electrons. The Balaban J connectivity index is 2.04. The van der Waals surface area contributed by atoms with Gasteiger partial charge in [0, 0.05) is 5.92 Å². The van der Waals surface area contributed by atoms with E-state index in [1.165, 1.54) is 5.57 Å². The minimum absolute atomic E-state index is 0.391. The zero-order valence-electron chi connectivity index (χ0n) is 8.95. The van der Waals surface area contributed by atoms with Gasteiger partial charge in [0.15, 0.2) is 0 Å². The average molecular weight is 208 g/mol. The van der Waals surface area contributed by atoms with E-state index in [1.54, 1.807) is 7.11 Å². The van der Waals surface area contributed by atoms with Crippen LogP contribution in [0.4, 0.5) is 0 Å². The van der Waals surface area contributed by atoms with Crippen molar-refractivity contribution in [2.75, 3.05) is 7.11 Å². The molecule has 4 rings (SSSR count). The maximum Gasteiger partial charge on any atom is 0.309 e. The van der Waals surface area contributed by atoms with Crippen LogP contribution in [0.5, 0.6) is 0 Å². The van der Waals surface area contributed by atoms with E-state index < -0.39 is 11.4 Å². The van der Waals surface area contributed by atoms with Crippen LogP contribution < -0.4 is 0 Å². The van der Waals surface area contributed by atoms with Crippen LogP contribution in [0.3, 0.4) is 0 Å². The Kier molecular flexibility index (Phi) is 1.71. The first-order valence-corrected chi connectivity index (χ1v) is 5.64. The number of aliphatic carboxylic acids is 1. The first-order chi connectivity index (χ1) is 7.14. The maximum atomic E-state index is 11.4. The normalized spacial score (nSPS) is 42.2. The summed E-state index contributed by atoms with van der Waals surface area (Å²) < 4.78 is 5.44. The Morgan fingerprint density at radius 1 is 1.53 bits per heavy atom. The minimum Gasteiger partial charge on any atom is -0.501 e. The number of carboxylic acid groups (broad SMARTS) is 1. The van der Waals surface area contributed by atoms with Crippen molar-refractivity contribution in [3.8, 4) is 0 Å². The number of hydrogen-bond donors (Lipinski definition) is 1. The fourth-order valence-corrected chi connectivity index (χ4v) is 4.04. The molecule has 0 unspecified atom stereocenters. The third-order valence-corrected chi connectivity index (χ3v) is 4.41. The molecule has 3 heteroatoms. The first-order valence-electron chi connectivity index (χ1n) is 5.64. The Morgan fingerprint density at radius 3 is 2.93 bits per heavy atom. The molecule has 0 aliphatic heterocycles. The average Bonchev–Trinajstić information content (AvgIpc) is 2.16. The second-order valence-corrected chi connectivity index (χ2v) is 5.35. The first kappa shape index (κ1) is 9.25. The Hall–Kier alpha value is -0.990. The van der Waals surface area contributed by atoms with Gasteiger partial charge in [-0.15, -0.1) is 0 Å². The molecule has 0 spiro atoms. The molecule has 0 aromatic rings. The molecule has 2 saturated carbocycles. The van der Waals surface area contributed by atoms with Crippen LogP contribution in [0, 0.1) is 17.3 Å². The number of carbonyl (C=O) groups is 1. The standard InChI is InChI=1S/C12H16O3/c1-15-10-8-2-7-3-9(10)6-12(4-7,5-8)11(13)14/h7-8H,2-6H2,1H3,(H,13,14)/t7-,8+,12+/m1/s1. The summed E-state index contributed by atoms with van der Waals surface area (Å²) >= 11 is 0. The molecule has 2 fully saturated rings. The van der Waals surface area contributed by atoms with E-state index >= 15 is 0 Å². The molecule has 4 bridgehead atoms. The lowest BCUT2D eigenvalue weighted by molar-refractivity contribution is -0.156. The summed E-state index contributed by atoms with van der Waals surface area (Å²) in [5, 5.41) is 9.37. The van der Waals surface area contributed by atoms with Gasteiger partial charge in [0.2, 0.25) is 0 Å². The highest BCUT2D eigenvalue weighted by atomic mass is 16.5. The quantitative estimate of drug-likeness (QED) is 0.756. The lowest BCUT2D eigenvalue weighted by Gasteiger charge is -2.51. The van der Waals surface area contributed by atoms with Gasteiger partial charge < -0.3 is 9.84 Å². The Morgan fingerprint density at radius 2 is 2.33 bits per heavy atom. The molecule has 4 aliphatic carbocycles. The van der Waals surface area contributed by atoms with Crippen molar-refractivity contribution in [3.63, 3.8) is 0 Å². The van der Waals surface area contributed by atoms with E-state index in [4.69, 9.17) is 4.74 Å².